The molecule has 0 saturated carbocycles. The van der Waals surface area contributed by atoms with E-state index in [0.717, 1.165) is 12.0 Å². The average Bonchev–Trinajstić information content (AvgIpc) is 2.89. The van der Waals surface area contributed by atoms with Gasteiger partial charge < -0.3 is 0 Å². The van der Waals surface area contributed by atoms with Gasteiger partial charge >= 0.3 is 0 Å². The van der Waals surface area contributed by atoms with Crippen molar-refractivity contribution < 1.29 is 0 Å². The highest BCUT2D eigenvalue weighted by Crippen LogP contribution is 2.29. The molecular weight excluding hydrogens is 220 g/mol. The fourth-order valence-electron chi connectivity index (χ4n) is 1.81. The molecule has 0 aromatic carbocycles. The third kappa shape index (κ3) is 2.02. The Labute approximate surface area is 99.1 Å². The number of aromatic nitrogens is 2. The number of nitrogens with zero attached hydrogens (tertiary/aromatic N) is 2. The second-order valence-corrected chi connectivity index (χ2v) is 4.66. The molecule has 5 heteroatoms. The molecule has 0 amide bonds. The lowest BCUT2D eigenvalue weighted by Gasteiger charge is -2.14. The van der Waals surface area contributed by atoms with Crippen molar-refractivity contribution in [2.75, 3.05) is 0 Å². The van der Waals surface area contributed by atoms with Crippen molar-refractivity contribution in [3.05, 3.63) is 39.8 Å². The van der Waals surface area contributed by atoms with Crippen molar-refractivity contribution in [3.8, 4) is 0 Å². The predicted octanol–water partition coefficient (Wildman–Crippen LogP) is 1.60. The van der Waals surface area contributed by atoms with E-state index in [4.69, 9.17) is 5.84 Å². The van der Waals surface area contributed by atoms with Crippen molar-refractivity contribution in [1.82, 2.24) is 15.2 Å². The van der Waals surface area contributed by atoms with Crippen LogP contribution >= 0.6 is 11.3 Å². The Balaban J connectivity index is 2.36. The molecule has 0 saturated heterocycles. The molecule has 0 aliphatic carbocycles. The smallest absolute Gasteiger partial charge is 0.0835 e. The number of hydrogen-bond donors (Lipinski definition) is 2. The molecule has 2 aromatic heterocycles. The average molecular weight is 236 g/mol. The predicted molar refractivity (Wildman–Crippen MR) is 66.1 cm³/mol. The Hall–Kier alpha value is -1.17. The van der Waals surface area contributed by atoms with Gasteiger partial charge in [0.05, 0.1) is 12.2 Å². The fourth-order valence-corrected chi connectivity index (χ4v) is 2.89. The second-order valence-electron chi connectivity index (χ2n) is 3.71. The summed E-state index contributed by atoms with van der Waals surface area (Å²) in [5.41, 5.74) is 5.31. The van der Waals surface area contributed by atoms with Gasteiger partial charge in [-0.1, -0.05) is 6.92 Å². The highest BCUT2D eigenvalue weighted by Gasteiger charge is 2.18. The molecule has 1 unspecified atom stereocenters. The Morgan fingerprint density at radius 2 is 2.44 bits per heavy atom. The van der Waals surface area contributed by atoms with Gasteiger partial charge in [0.2, 0.25) is 0 Å². The van der Waals surface area contributed by atoms with E-state index in [-0.39, 0.29) is 6.04 Å². The van der Waals surface area contributed by atoms with Crippen LogP contribution < -0.4 is 11.3 Å². The van der Waals surface area contributed by atoms with Gasteiger partial charge in [0.25, 0.3) is 0 Å². The van der Waals surface area contributed by atoms with Crippen LogP contribution in [-0.2, 0) is 13.5 Å². The topological polar surface area (TPSA) is 55.9 Å². The van der Waals surface area contributed by atoms with E-state index >= 15 is 0 Å². The highest BCUT2D eigenvalue weighted by atomic mass is 32.1. The first-order valence-corrected chi connectivity index (χ1v) is 6.15. The number of hydrogen-bond acceptors (Lipinski definition) is 4. The Morgan fingerprint density at radius 1 is 1.62 bits per heavy atom. The molecule has 0 radical (unpaired) electrons. The summed E-state index contributed by atoms with van der Waals surface area (Å²) >= 11 is 1.73. The molecular formula is C11H16N4S. The Morgan fingerprint density at radius 3 is 3.00 bits per heavy atom. The molecule has 0 aliphatic rings. The lowest BCUT2D eigenvalue weighted by atomic mass is 10.1. The van der Waals surface area contributed by atoms with Crippen LogP contribution in [0.5, 0.6) is 0 Å². The summed E-state index contributed by atoms with van der Waals surface area (Å²) in [5.74, 6) is 5.65. The summed E-state index contributed by atoms with van der Waals surface area (Å²) in [4.78, 5) is 1.28. The first kappa shape index (κ1) is 11.3. The van der Waals surface area contributed by atoms with Crippen LogP contribution in [0.15, 0.2) is 23.8 Å². The van der Waals surface area contributed by atoms with Gasteiger partial charge in [0.15, 0.2) is 0 Å². The summed E-state index contributed by atoms with van der Waals surface area (Å²) in [6.45, 7) is 2.16. The van der Waals surface area contributed by atoms with Crippen molar-refractivity contribution >= 4 is 11.3 Å². The van der Waals surface area contributed by atoms with Gasteiger partial charge in [-0.3, -0.25) is 10.5 Å². The highest BCUT2D eigenvalue weighted by molar-refractivity contribution is 7.10. The minimum absolute atomic E-state index is 0.0450. The van der Waals surface area contributed by atoms with Gasteiger partial charge in [-0.15, -0.1) is 11.3 Å². The number of nitrogens with two attached hydrogens (primary N) is 1. The summed E-state index contributed by atoms with van der Waals surface area (Å²) in [7, 11) is 1.91. The summed E-state index contributed by atoms with van der Waals surface area (Å²) in [6.07, 6.45) is 4.87. The van der Waals surface area contributed by atoms with Crippen LogP contribution in [0.2, 0.25) is 0 Å². The molecule has 4 nitrogen and oxygen atoms in total. The first-order valence-electron chi connectivity index (χ1n) is 5.27. The van der Waals surface area contributed by atoms with Gasteiger partial charge in [-0.25, -0.2) is 5.43 Å². The molecule has 16 heavy (non-hydrogen) atoms. The van der Waals surface area contributed by atoms with Gasteiger partial charge in [-0.05, 0) is 23.4 Å². The molecule has 3 N–H and O–H groups in total. The van der Waals surface area contributed by atoms with E-state index in [1.807, 2.05) is 19.4 Å². The van der Waals surface area contributed by atoms with E-state index in [0.29, 0.717) is 0 Å². The summed E-state index contributed by atoms with van der Waals surface area (Å²) in [6, 6.07) is 2.20. The summed E-state index contributed by atoms with van der Waals surface area (Å²) in [5, 5.41) is 6.28. The van der Waals surface area contributed by atoms with Crippen LogP contribution in [0.1, 0.15) is 29.0 Å². The Bertz CT molecular complexity index is 460. The van der Waals surface area contributed by atoms with E-state index in [1.165, 1.54) is 10.4 Å². The molecule has 0 aliphatic heterocycles. The molecule has 0 bridgehead atoms. The van der Waals surface area contributed by atoms with E-state index in [2.05, 4.69) is 28.9 Å². The van der Waals surface area contributed by atoms with E-state index in [1.54, 1.807) is 16.0 Å². The zero-order valence-corrected chi connectivity index (χ0v) is 10.3. The lowest BCUT2D eigenvalue weighted by Crippen LogP contribution is -2.28. The van der Waals surface area contributed by atoms with Gasteiger partial charge in [0.1, 0.15) is 0 Å². The van der Waals surface area contributed by atoms with Crippen molar-refractivity contribution in [1.29, 1.82) is 0 Å². The van der Waals surface area contributed by atoms with E-state index < -0.39 is 0 Å². The van der Waals surface area contributed by atoms with Crippen molar-refractivity contribution in [2.45, 2.75) is 19.4 Å². The van der Waals surface area contributed by atoms with Gasteiger partial charge in [0, 0.05) is 23.7 Å². The fraction of sp³-hybridized carbons (Fsp3) is 0.364. The molecule has 86 valence electrons. The standard InChI is InChI=1S/C11H16N4S/c1-3-8-4-5-16-11(8)10(14-12)9-6-13-15(2)7-9/h4-7,10,14H,3,12H2,1-2H3. The van der Waals surface area contributed by atoms with Crippen molar-refractivity contribution in [2.24, 2.45) is 12.9 Å². The third-order valence-electron chi connectivity index (χ3n) is 2.65. The SMILES string of the molecule is CCc1ccsc1C(NN)c1cnn(C)c1. The zero-order chi connectivity index (χ0) is 11.5. The van der Waals surface area contributed by atoms with Crippen LogP contribution in [-0.4, -0.2) is 9.78 Å². The zero-order valence-electron chi connectivity index (χ0n) is 9.47. The number of nitrogens with one attached hydrogen (secondary N) is 1. The van der Waals surface area contributed by atoms with Crippen LogP contribution in [0.25, 0.3) is 0 Å². The second kappa shape index (κ2) is 4.78. The number of thiophene rings is 1. The van der Waals surface area contributed by atoms with Crippen LogP contribution in [0.3, 0.4) is 0 Å². The van der Waals surface area contributed by atoms with Gasteiger partial charge in [-0.2, -0.15) is 5.10 Å². The maximum atomic E-state index is 5.65. The maximum absolute atomic E-state index is 5.65. The monoisotopic (exact) mass is 236 g/mol. The van der Waals surface area contributed by atoms with Crippen LogP contribution in [0, 0.1) is 0 Å². The van der Waals surface area contributed by atoms with Crippen molar-refractivity contribution in [3.63, 3.8) is 0 Å². The molecule has 0 fully saturated rings. The molecule has 2 heterocycles. The maximum Gasteiger partial charge on any atom is 0.0835 e. The quantitative estimate of drug-likeness (QED) is 0.626. The first-order chi connectivity index (χ1) is 7.76. The Kier molecular flexibility index (Phi) is 3.38. The minimum Gasteiger partial charge on any atom is -0.275 e. The minimum atomic E-state index is 0.0450. The molecule has 2 aromatic rings. The number of hydrazine groups is 1. The van der Waals surface area contributed by atoms with E-state index in [9.17, 15) is 0 Å². The summed E-state index contributed by atoms with van der Waals surface area (Å²) < 4.78 is 1.79. The number of rotatable bonds is 4. The largest absolute Gasteiger partial charge is 0.275 e. The third-order valence-corrected chi connectivity index (χ3v) is 3.67. The normalized spacial score (nSPS) is 12.9. The van der Waals surface area contributed by atoms with Crippen LogP contribution in [0.4, 0.5) is 0 Å². The molecule has 2 rings (SSSR count). The molecule has 0 spiro atoms. The molecule has 1 atom stereocenters. The lowest BCUT2D eigenvalue weighted by molar-refractivity contribution is 0.640. The number of aryl methyl sites for hydroxylation is 2.